The molecule has 0 bridgehead atoms. The first-order chi connectivity index (χ1) is 11.0. The lowest BCUT2D eigenvalue weighted by Crippen LogP contribution is -2.47. The maximum Gasteiger partial charge on any atom is 0.251 e. The summed E-state index contributed by atoms with van der Waals surface area (Å²) in [5.74, 6) is 0.845. The molecule has 1 aromatic carbocycles. The highest BCUT2D eigenvalue weighted by atomic mass is 35.5. The number of fused-ring (bicyclic) bond motifs is 1. The zero-order valence-electron chi connectivity index (χ0n) is 13.3. The van der Waals surface area contributed by atoms with Crippen LogP contribution in [-0.2, 0) is 4.74 Å². The third-order valence-corrected chi connectivity index (χ3v) is 4.18. The molecule has 0 spiro atoms. The predicted molar refractivity (Wildman–Crippen MR) is 86.4 cm³/mol. The molecule has 2 heterocycles. The quantitative estimate of drug-likeness (QED) is 0.907. The van der Waals surface area contributed by atoms with E-state index >= 15 is 0 Å². The smallest absolute Gasteiger partial charge is 0.251 e. The number of nitrogens with one attached hydrogen (secondary N) is 1. The molecule has 0 radical (unpaired) electrons. The molecule has 6 nitrogen and oxygen atoms in total. The largest absolute Gasteiger partial charge is 0.454 e. The van der Waals surface area contributed by atoms with Gasteiger partial charge in [-0.05, 0) is 26.0 Å². The molecule has 2 aliphatic heterocycles. The van der Waals surface area contributed by atoms with Gasteiger partial charge in [0.25, 0.3) is 5.91 Å². The summed E-state index contributed by atoms with van der Waals surface area (Å²) in [5.41, 5.74) is 0.475. The fraction of sp³-hybridized carbons (Fsp3) is 0.562. The van der Waals surface area contributed by atoms with Crippen molar-refractivity contribution < 1.29 is 19.0 Å². The van der Waals surface area contributed by atoms with Crippen LogP contribution in [0, 0.1) is 0 Å². The van der Waals surface area contributed by atoms with E-state index in [1.54, 1.807) is 12.1 Å². The molecular formula is C16H21ClN2O4. The normalized spacial score (nSPS) is 23.8. The van der Waals surface area contributed by atoms with Crippen molar-refractivity contribution in [2.45, 2.75) is 26.1 Å². The van der Waals surface area contributed by atoms with Crippen molar-refractivity contribution in [2.24, 2.45) is 0 Å². The highest BCUT2D eigenvalue weighted by Gasteiger charge is 2.23. The van der Waals surface area contributed by atoms with Crippen molar-refractivity contribution in [3.63, 3.8) is 0 Å². The van der Waals surface area contributed by atoms with Gasteiger partial charge in [0.15, 0.2) is 11.5 Å². The SMILES string of the molecule is C[C@H]1CN(CCNC(=O)c2cc(Cl)c3c(c2)OCO3)C[C@H](C)O1. The minimum Gasteiger partial charge on any atom is -0.454 e. The Hall–Kier alpha value is -1.50. The highest BCUT2D eigenvalue weighted by molar-refractivity contribution is 6.32. The Kier molecular flexibility index (Phi) is 4.94. The van der Waals surface area contributed by atoms with Crippen molar-refractivity contribution >= 4 is 17.5 Å². The van der Waals surface area contributed by atoms with Gasteiger partial charge in [-0.15, -0.1) is 0 Å². The molecule has 1 saturated heterocycles. The van der Waals surface area contributed by atoms with Crippen LogP contribution in [0.4, 0.5) is 0 Å². The monoisotopic (exact) mass is 340 g/mol. The van der Waals surface area contributed by atoms with Gasteiger partial charge in [0, 0.05) is 31.7 Å². The average Bonchev–Trinajstić information content (AvgIpc) is 2.95. The number of carbonyl (C=O) groups excluding carboxylic acids is 1. The summed E-state index contributed by atoms with van der Waals surface area (Å²) >= 11 is 6.10. The van der Waals surface area contributed by atoms with Gasteiger partial charge in [0.05, 0.1) is 17.2 Å². The zero-order chi connectivity index (χ0) is 16.4. The molecule has 1 aromatic rings. The molecule has 1 fully saturated rings. The van der Waals surface area contributed by atoms with Crippen LogP contribution in [0.3, 0.4) is 0 Å². The molecule has 2 aliphatic rings. The van der Waals surface area contributed by atoms with Crippen LogP contribution in [0.1, 0.15) is 24.2 Å². The van der Waals surface area contributed by atoms with Crippen LogP contribution in [0.25, 0.3) is 0 Å². The van der Waals surface area contributed by atoms with E-state index in [9.17, 15) is 4.79 Å². The molecule has 1 N–H and O–H groups in total. The molecule has 3 rings (SSSR count). The lowest BCUT2D eigenvalue weighted by Gasteiger charge is -2.35. The molecule has 0 saturated carbocycles. The van der Waals surface area contributed by atoms with Crippen molar-refractivity contribution in [3.8, 4) is 11.5 Å². The van der Waals surface area contributed by atoms with E-state index in [1.807, 2.05) is 0 Å². The third kappa shape index (κ3) is 3.88. The standard InChI is InChI=1S/C16H21ClN2O4/c1-10-7-19(8-11(2)23-10)4-3-18-16(20)12-5-13(17)15-14(6-12)21-9-22-15/h5-6,10-11H,3-4,7-9H2,1-2H3,(H,18,20)/t10-,11-/m0/s1. The Balaban J connectivity index is 1.53. The predicted octanol–water partition coefficient (Wildman–Crippen LogP) is 1.91. The average molecular weight is 341 g/mol. The van der Waals surface area contributed by atoms with Crippen LogP contribution >= 0.6 is 11.6 Å². The number of rotatable bonds is 4. The van der Waals surface area contributed by atoms with Gasteiger partial charge < -0.3 is 19.5 Å². The first-order valence-corrected chi connectivity index (χ1v) is 8.16. The summed E-state index contributed by atoms with van der Waals surface area (Å²) in [6.07, 6.45) is 0.448. The van der Waals surface area contributed by atoms with Crippen LogP contribution < -0.4 is 14.8 Å². The van der Waals surface area contributed by atoms with E-state index in [0.717, 1.165) is 19.6 Å². The summed E-state index contributed by atoms with van der Waals surface area (Å²) in [6, 6.07) is 3.26. The summed E-state index contributed by atoms with van der Waals surface area (Å²) in [4.78, 5) is 14.6. The minimum atomic E-state index is -0.167. The molecule has 7 heteroatoms. The van der Waals surface area contributed by atoms with Crippen LogP contribution in [0.5, 0.6) is 11.5 Å². The van der Waals surface area contributed by atoms with E-state index in [1.165, 1.54) is 0 Å². The van der Waals surface area contributed by atoms with E-state index in [2.05, 4.69) is 24.1 Å². The zero-order valence-corrected chi connectivity index (χ0v) is 14.1. The number of morpholine rings is 1. The first-order valence-electron chi connectivity index (χ1n) is 7.78. The van der Waals surface area contributed by atoms with E-state index in [-0.39, 0.29) is 24.9 Å². The summed E-state index contributed by atoms with van der Waals surface area (Å²) in [6.45, 7) is 7.40. The van der Waals surface area contributed by atoms with Crippen molar-refractivity contribution in [1.29, 1.82) is 0 Å². The first kappa shape index (κ1) is 16.4. The topological polar surface area (TPSA) is 60.0 Å². The number of hydrogen-bond acceptors (Lipinski definition) is 5. The second-order valence-electron chi connectivity index (χ2n) is 5.96. The van der Waals surface area contributed by atoms with Crippen molar-refractivity contribution in [2.75, 3.05) is 33.0 Å². The van der Waals surface area contributed by atoms with Gasteiger partial charge in [-0.3, -0.25) is 9.69 Å². The number of nitrogens with zero attached hydrogens (tertiary/aromatic N) is 1. The van der Waals surface area contributed by atoms with Gasteiger partial charge in [-0.25, -0.2) is 0 Å². The van der Waals surface area contributed by atoms with Gasteiger partial charge in [0.2, 0.25) is 6.79 Å². The number of hydrogen-bond donors (Lipinski definition) is 1. The Morgan fingerprint density at radius 3 is 2.78 bits per heavy atom. The molecule has 2 atom stereocenters. The molecule has 126 valence electrons. The maximum absolute atomic E-state index is 12.3. The molecule has 1 amide bonds. The van der Waals surface area contributed by atoms with Crippen molar-refractivity contribution in [3.05, 3.63) is 22.7 Å². The van der Waals surface area contributed by atoms with E-state index < -0.39 is 0 Å². The van der Waals surface area contributed by atoms with E-state index in [4.69, 9.17) is 25.8 Å². The van der Waals surface area contributed by atoms with E-state index in [0.29, 0.717) is 28.6 Å². The molecule has 0 unspecified atom stereocenters. The van der Waals surface area contributed by atoms with Gasteiger partial charge in [-0.2, -0.15) is 0 Å². The highest BCUT2D eigenvalue weighted by Crippen LogP contribution is 2.39. The Bertz CT molecular complexity index is 586. The van der Waals surface area contributed by atoms with Gasteiger partial charge in [0.1, 0.15) is 0 Å². The van der Waals surface area contributed by atoms with Crippen molar-refractivity contribution in [1.82, 2.24) is 10.2 Å². The second-order valence-corrected chi connectivity index (χ2v) is 6.37. The number of carbonyl (C=O) groups is 1. The lowest BCUT2D eigenvalue weighted by molar-refractivity contribution is -0.0672. The summed E-state index contributed by atoms with van der Waals surface area (Å²) in [5, 5.41) is 3.31. The molecule has 0 aliphatic carbocycles. The second kappa shape index (κ2) is 6.95. The number of amides is 1. The molecule has 23 heavy (non-hydrogen) atoms. The van der Waals surface area contributed by atoms with Gasteiger partial charge in [-0.1, -0.05) is 11.6 Å². The molecule has 0 aromatic heterocycles. The lowest BCUT2D eigenvalue weighted by atomic mass is 10.2. The number of ether oxygens (including phenoxy) is 3. The molecular weight excluding hydrogens is 320 g/mol. The fourth-order valence-corrected chi connectivity index (χ4v) is 3.26. The Morgan fingerprint density at radius 2 is 2.04 bits per heavy atom. The number of halogens is 1. The number of benzene rings is 1. The third-order valence-electron chi connectivity index (χ3n) is 3.90. The van der Waals surface area contributed by atoms with Crippen LogP contribution in [-0.4, -0.2) is 56.0 Å². The van der Waals surface area contributed by atoms with Gasteiger partial charge >= 0.3 is 0 Å². The summed E-state index contributed by atoms with van der Waals surface area (Å²) < 4.78 is 16.2. The Morgan fingerprint density at radius 1 is 1.30 bits per heavy atom. The fourth-order valence-electron chi connectivity index (χ4n) is 3.00. The van der Waals surface area contributed by atoms with Crippen LogP contribution in [0.15, 0.2) is 12.1 Å². The Labute approximate surface area is 140 Å². The maximum atomic E-state index is 12.3. The van der Waals surface area contributed by atoms with Crippen LogP contribution in [0.2, 0.25) is 5.02 Å². The minimum absolute atomic E-state index is 0.132. The summed E-state index contributed by atoms with van der Waals surface area (Å²) in [7, 11) is 0.